The van der Waals surface area contributed by atoms with Crippen molar-refractivity contribution in [3.63, 3.8) is 0 Å². The van der Waals surface area contributed by atoms with Gasteiger partial charge in [-0.25, -0.2) is 0 Å². The van der Waals surface area contributed by atoms with Crippen LogP contribution in [-0.4, -0.2) is 29.4 Å². The Morgan fingerprint density at radius 1 is 1.40 bits per heavy atom. The lowest BCUT2D eigenvalue weighted by Crippen LogP contribution is -2.40. The summed E-state index contributed by atoms with van der Waals surface area (Å²) in [6, 6.07) is 0. The topological polar surface area (TPSA) is 3.24 Å². The Morgan fingerprint density at radius 2 is 1.80 bits per heavy atom. The molecule has 0 heterocycles. The van der Waals surface area contributed by atoms with Crippen molar-refractivity contribution >= 4 is 11.6 Å². The van der Waals surface area contributed by atoms with E-state index >= 15 is 0 Å². The van der Waals surface area contributed by atoms with Crippen molar-refractivity contribution in [2.45, 2.75) is 38.6 Å². The van der Waals surface area contributed by atoms with Gasteiger partial charge in [-0.2, -0.15) is 0 Å². The lowest BCUT2D eigenvalue weighted by molar-refractivity contribution is 0.177. The van der Waals surface area contributed by atoms with Crippen molar-refractivity contribution in [2.75, 3.05) is 13.6 Å². The maximum absolute atomic E-state index is 5.84. The molecule has 0 rings (SSSR count). The van der Waals surface area contributed by atoms with Crippen LogP contribution in [0.1, 0.15) is 27.7 Å². The predicted octanol–water partition coefficient (Wildman–Crippen LogP) is 2.34. The minimum absolute atomic E-state index is 0.239. The largest absolute Gasteiger partial charge is 0.300 e. The molecule has 1 unspecified atom stereocenters. The zero-order valence-electron chi connectivity index (χ0n) is 7.61. The van der Waals surface area contributed by atoms with Gasteiger partial charge in [-0.1, -0.05) is 0 Å². The van der Waals surface area contributed by atoms with Crippen LogP contribution in [-0.2, 0) is 0 Å². The van der Waals surface area contributed by atoms with Gasteiger partial charge in [0.25, 0.3) is 0 Å². The van der Waals surface area contributed by atoms with Crippen molar-refractivity contribution in [3.05, 3.63) is 0 Å². The third-order valence-electron chi connectivity index (χ3n) is 1.67. The van der Waals surface area contributed by atoms with Crippen molar-refractivity contribution in [1.82, 2.24) is 4.90 Å². The van der Waals surface area contributed by atoms with E-state index in [2.05, 4.69) is 32.7 Å². The van der Waals surface area contributed by atoms with Crippen LogP contribution < -0.4 is 0 Å². The maximum atomic E-state index is 5.84. The smallest absolute Gasteiger partial charge is 0.0435 e. The number of hydrogen-bond donors (Lipinski definition) is 0. The number of halogens is 1. The van der Waals surface area contributed by atoms with Gasteiger partial charge in [-0.05, 0) is 34.7 Å². The molecular weight excluding hydrogens is 146 g/mol. The molecule has 0 spiro atoms. The predicted molar refractivity (Wildman–Crippen MR) is 47.7 cm³/mol. The Kier molecular flexibility index (Phi) is 3.68. The summed E-state index contributed by atoms with van der Waals surface area (Å²) in [6.07, 6.45) is 0. The third kappa shape index (κ3) is 4.13. The summed E-state index contributed by atoms with van der Waals surface area (Å²) in [5.41, 5.74) is 0.239. The third-order valence-corrected chi connectivity index (χ3v) is 1.81. The average molecular weight is 164 g/mol. The van der Waals surface area contributed by atoms with Crippen molar-refractivity contribution in [3.8, 4) is 0 Å². The standard InChI is InChI=1S/C8H18ClN/c1-7(9)6-10(5)8(2,3)4/h7H,6H2,1-5H3. The molecule has 0 amide bonds. The normalized spacial score (nSPS) is 15.9. The van der Waals surface area contributed by atoms with Crippen molar-refractivity contribution in [2.24, 2.45) is 0 Å². The monoisotopic (exact) mass is 163 g/mol. The second-order valence-electron chi connectivity index (χ2n) is 3.83. The van der Waals surface area contributed by atoms with Crippen molar-refractivity contribution < 1.29 is 0 Å². The molecule has 0 fully saturated rings. The summed E-state index contributed by atoms with van der Waals surface area (Å²) in [6.45, 7) is 9.53. The van der Waals surface area contributed by atoms with Gasteiger partial charge < -0.3 is 4.90 Å². The molecule has 0 aromatic heterocycles. The molecule has 10 heavy (non-hydrogen) atoms. The molecule has 1 atom stereocenters. The SMILES string of the molecule is CC(Cl)CN(C)C(C)(C)C. The van der Waals surface area contributed by atoms with E-state index in [4.69, 9.17) is 11.6 Å². The van der Waals surface area contributed by atoms with Gasteiger partial charge in [0, 0.05) is 17.5 Å². The molecule has 0 saturated heterocycles. The molecule has 62 valence electrons. The van der Waals surface area contributed by atoms with Crippen LogP contribution in [0.4, 0.5) is 0 Å². The Labute approximate surface area is 69.4 Å². The number of alkyl halides is 1. The molecular formula is C8H18ClN. The fourth-order valence-electron chi connectivity index (χ4n) is 0.651. The average Bonchev–Trinajstić information content (AvgIpc) is 1.60. The quantitative estimate of drug-likeness (QED) is 0.565. The van der Waals surface area contributed by atoms with Gasteiger partial charge in [0.2, 0.25) is 0 Å². The molecule has 1 nitrogen and oxygen atoms in total. The van der Waals surface area contributed by atoms with E-state index in [0.717, 1.165) is 6.54 Å². The van der Waals surface area contributed by atoms with E-state index in [1.54, 1.807) is 0 Å². The number of nitrogens with zero attached hydrogens (tertiary/aromatic N) is 1. The fraction of sp³-hybridized carbons (Fsp3) is 1.00. The van der Waals surface area contributed by atoms with Gasteiger partial charge in [0.1, 0.15) is 0 Å². The first kappa shape index (κ1) is 10.2. The Morgan fingerprint density at radius 3 is 1.90 bits per heavy atom. The van der Waals surface area contributed by atoms with Crippen LogP contribution in [0.2, 0.25) is 0 Å². The molecule has 0 saturated carbocycles. The second kappa shape index (κ2) is 3.59. The number of hydrogen-bond acceptors (Lipinski definition) is 1. The highest BCUT2D eigenvalue weighted by molar-refractivity contribution is 6.20. The van der Waals surface area contributed by atoms with Crippen LogP contribution in [0.3, 0.4) is 0 Å². The van der Waals surface area contributed by atoms with E-state index in [1.807, 2.05) is 6.92 Å². The van der Waals surface area contributed by atoms with Gasteiger partial charge in [-0.15, -0.1) is 11.6 Å². The first-order valence-corrected chi connectivity index (χ1v) is 4.13. The highest BCUT2D eigenvalue weighted by Gasteiger charge is 2.17. The summed E-state index contributed by atoms with van der Waals surface area (Å²) in [5.74, 6) is 0. The Balaban J connectivity index is 3.73. The molecule has 0 aliphatic carbocycles. The van der Waals surface area contributed by atoms with Gasteiger partial charge in [-0.3, -0.25) is 0 Å². The van der Waals surface area contributed by atoms with E-state index < -0.39 is 0 Å². The Hall–Kier alpha value is 0.250. The van der Waals surface area contributed by atoms with Gasteiger partial charge in [0.15, 0.2) is 0 Å². The minimum atomic E-state index is 0.239. The minimum Gasteiger partial charge on any atom is -0.300 e. The highest BCUT2D eigenvalue weighted by Crippen LogP contribution is 2.11. The van der Waals surface area contributed by atoms with Crippen LogP contribution in [0.15, 0.2) is 0 Å². The van der Waals surface area contributed by atoms with Gasteiger partial charge in [0.05, 0.1) is 0 Å². The fourth-order valence-corrected chi connectivity index (χ4v) is 0.858. The molecule has 0 aliphatic heterocycles. The van der Waals surface area contributed by atoms with E-state index in [0.29, 0.717) is 0 Å². The molecule has 2 heteroatoms. The highest BCUT2D eigenvalue weighted by atomic mass is 35.5. The zero-order chi connectivity index (χ0) is 8.36. The lowest BCUT2D eigenvalue weighted by Gasteiger charge is -2.32. The molecule has 0 aromatic rings. The second-order valence-corrected chi connectivity index (χ2v) is 4.58. The summed E-state index contributed by atoms with van der Waals surface area (Å²) >= 11 is 5.84. The van der Waals surface area contributed by atoms with Crippen molar-refractivity contribution in [1.29, 1.82) is 0 Å². The molecule has 0 aromatic carbocycles. The molecule has 0 N–H and O–H groups in total. The Bertz CT molecular complexity index is 93.9. The van der Waals surface area contributed by atoms with E-state index in [1.165, 1.54) is 0 Å². The zero-order valence-corrected chi connectivity index (χ0v) is 8.37. The maximum Gasteiger partial charge on any atom is 0.0435 e. The summed E-state index contributed by atoms with van der Waals surface area (Å²) in [4.78, 5) is 2.25. The van der Waals surface area contributed by atoms with Gasteiger partial charge >= 0.3 is 0 Å². The lowest BCUT2D eigenvalue weighted by atomic mass is 10.1. The van der Waals surface area contributed by atoms with E-state index in [-0.39, 0.29) is 10.9 Å². The summed E-state index contributed by atoms with van der Waals surface area (Å²) < 4.78 is 0. The first-order valence-electron chi connectivity index (χ1n) is 3.69. The first-order chi connectivity index (χ1) is 4.34. The van der Waals surface area contributed by atoms with Crippen LogP contribution in [0.25, 0.3) is 0 Å². The molecule has 0 bridgehead atoms. The molecule has 0 aliphatic rings. The molecule has 0 radical (unpaired) electrons. The van der Waals surface area contributed by atoms with E-state index in [9.17, 15) is 0 Å². The van der Waals surface area contributed by atoms with Crippen LogP contribution in [0.5, 0.6) is 0 Å². The van der Waals surface area contributed by atoms with Crippen LogP contribution in [0, 0.1) is 0 Å². The number of rotatable bonds is 2. The van der Waals surface area contributed by atoms with Crippen LogP contribution >= 0.6 is 11.6 Å². The summed E-state index contributed by atoms with van der Waals surface area (Å²) in [5, 5.41) is 0.240. The summed E-state index contributed by atoms with van der Waals surface area (Å²) in [7, 11) is 2.10.